The largest absolute Gasteiger partial charge is 0.387 e. The summed E-state index contributed by atoms with van der Waals surface area (Å²) in [6.45, 7) is 7.07. The molecule has 2 saturated heterocycles. The van der Waals surface area contributed by atoms with Crippen molar-refractivity contribution in [2.75, 3.05) is 31.2 Å². The number of rotatable bonds is 5. The predicted molar refractivity (Wildman–Crippen MR) is 82.0 cm³/mol. The SMILES string of the molecule is CCN(CC(C)C(=N)N)C1CCOC2(CCSC2)C1. The van der Waals surface area contributed by atoms with Gasteiger partial charge in [0.2, 0.25) is 0 Å². The molecule has 0 aromatic carbocycles. The third kappa shape index (κ3) is 3.64. The topological polar surface area (TPSA) is 62.3 Å². The van der Waals surface area contributed by atoms with Crippen LogP contribution in [0.2, 0.25) is 0 Å². The minimum atomic E-state index is 0.139. The van der Waals surface area contributed by atoms with Gasteiger partial charge in [-0.2, -0.15) is 11.8 Å². The van der Waals surface area contributed by atoms with Crippen LogP contribution in [-0.4, -0.2) is 53.6 Å². The van der Waals surface area contributed by atoms with Gasteiger partial charge < -0.3 is 10.5 Å². The highest BCUT2D eigenvalue weighted by atomic mass is 32.2. The summed E-state index contributed by atoms with van der Waals surface area (Å²) in [5.74, 6) is 2.85. The number of thioether (sulfide) groups is 1. The lowest BCUT2D eigenvalue weighted by Crippen LogP contribution is -2.50. The lowest BCUT2D eigenvalue weighted by Gasteiger charge is -2.43. The maximum absolute atomic E-state index is 7.57. The Balaban J connectivity index is 1.96. The summed E-state index contributed by atoms with van der Waals surface area (Å²) >= 11 is 2.02. The van der Waals surface area contributed by atoms with Crippen LogP contribution in [0, 0.1) is 11.3 Å². The van der Waals surface area contributed by atoms with Crippen molar-refractivity contribution in [3.8, 4) is 0 Å². The van der Waals surface area contributed by atoms with Crippen molar-refractivity contribution < 1.29 is 4.74 Å². The molecule has 2 aliphatic heterocycles. The number of nitrogens with two attached hydrogens (primary N) is 1. The zero-order valence-corrected chi connectivity index (χ0v) is 13.0. The molecule has 0 saturated carbocycles. The molecule has 0 aromatic heterocycles. The predicted octanol–water partition coefficient (Wildman–Crippen LogP) is 1.94. The van der Waals surface area contributed by atoms with Gasteiger partial charge in [-0.15, -0.1) is 0 Å². The second-order valence-corrected chi connectivity index (χ2v) is 7.03. The molecular weight excluding hydrogens is 258 g/mol. The molecule has 3 unspecified atom stereocenters. The molecule has 0 aromatic rings. The fourth-order valence-corrected chi connectivity index (χ4v) is 4.54. The molecule has 3 atom stereocenters. The number of ether oxygens (including phenoxy) is 1. The Bertz CT molecular complexity index is 318. The monoisotopic (exact) mass is 285 g/mol. The fraction of sp³-hybridized carbons (Fsp3) is 0.929. The number of nitrogens with zero attached hydrogens (tertiary/aromatic N) is 1. The third-order valence-electron chi connectivity index (χ3n) is 4.50. The smallest absolute Gasteiger partial charge is 0.0947 e. The van der Waals surface area contributed by atoms with E-state index in [4.69, 9.17) is 15.9 Å². The van der Waals surface area contributed by atoms with Crippen LogP contribution in [0.1, 0.15) is 33.1 Å². The molecular formula is C14H27N3OS. The first-order chi connectivity index (χ1) is 9.06. The Morgan fingerprint density at radius 3 is 3.00 bits per heavy atom. The van der Waals surface area contributed by atoms with Crippen LogP contribution in [0.15, 0.2) is 0 Å². The van der Waals surface area contributed by atoms with Crippen LogP contribution in [0.3, 0.4) is 0 Å². The van der Waals surface area contributed by atoms with Crippen LogP contribution < -0.4 is 5.73 Å². The lowest BCUT2D eigenvalue weighted by molar-refractivity contribution is -0.0896. The van der Waals surface area contributed by atoms with Crippen molar-refractivity contribution in [3.05, 3.63) is 0 Å². The number of amidine groups is 1. The van der Waals surface area contributed by atoms with Gasteiger partial charge >= 0.3 is 0 Å². The highest BCUT2D eigenvalue weighted by Gasteiger charge is 2.41. The summed E-state index contributed by atoms with van der Waals surface area (Å²) in [6, 6.07) is 0.597. The molecule has 2 fully saturated rings. The molecule has 2 rings (SSSR count). The Morgan fingerprint density at radius 1 is 1.63 bits per heavy atom. The number of nitrogens with one attached hydrogen (secondary N) is 1. The highest BCUT2D eigenvalue weighted by Crippen LogP contribution is 2.39. The standard InChI is InChI=1S/C14H27N3OS/c1-3-17(9-11(2)13(15)16)12-4-6-18-14(8-12)5-7-19-10-14/h11-12H,3-10H2,1-2H3,(H3,15,16). The van der Waals surface area contributed by atoms with Gasteiger partial charge in [0, 0.05) is 30.9 Å². The van der Waals surface area contributed by atoms with E-state index in [1.165, 1.54) is 12.2 Å². The van der Waals surface area contributed by atoms with E-state index in [9.17, 15) is 0 Å². The molecule has 0 amide bonds. The van der Waals surface area contributed by atoms with Gasteiger partial charge in [0.15, 0.2) is 0 Å². The first kappa shape index (κ1) is 15.1. The summed E-state index contributed by atoms with van der Waals surface area (Å²) in [6.07, 6.45) is 3.47. The number of hydrogen-bond acceptors (Lipinski definition) is 4. The number of hydrogen-bond donors (Lipinski definition) is 2. The quantitative estimate of drug-likeness (QED) is 0.598. The summed E-state index contributed by atoms with van der Waals surface area (Å²) in [4.78, 5) is 2.50. The van der Waals surface area contributed by atoms with E-state index in [0.717, 1.165) is 38.3 Å². The highest BCUT2D eigenvalue weighted by molar-refractivity contribution is 7.99. The summed E-state index contributed by atoms with van der Waals surface area (Å²) in [5.41, 5.74) is 5.75. The molecule has 0 bridgehead atoms. The minimum absolute atomic E-state index is 0.139. The average molecular weight is 285 g/mol. The van der Waals surface area contributed by atoms with Crippen molar-refractivity contribution >= 4 is 17.6 Å². The maximum atomic E-state index is 7.57. The van der Waals surface area contributed by atoms with Gasteiger partial charge in [0.1, 0.15) is 0 Å². The molecule has 0 radical (unpaired) electrons. The molecule has 19 heavy (non-hydrogen) atoms. The second-order valence-electron chi connectivity index (χ2n) is 5.92. The molecule has 4 nitrogen and oxygen atoms in total. The van der Waals surface area contributed by atoms with E-state index in [1.54, 1.807) is 0 Å². The van der Waals surface area contributed by atoms with Crippen molar-refractivity contribution in [1.29, 1.82) is 5.41 Å². The molecule has 1 spiro atoms. The summed E-state index contributed by atoms with van der Waals surface area (Å²) < 4.78 is 6.09. The van der Waals surface area contributed by atoms with Gasteiger partial charge in [0.25, 0.3) is 0 Å². The summed E-state index contributed by atoms with van der Waals surface area (Å²) in [7, 11) is 0. The molecule has 3 N–H and O–H groups in total. The molecule has 110 valence electrons. The van der Waals surface area contributed by atoms with Crippen LogP contribution in [-0.2, 0) is 4.74 Å². The van der Waals surface area contributed by atoms with E-state index in [1.807, 2.05) is 18.7 Å². The second kappa shape index (κ2) is 6.46. The maximum Gasteiger partial charge on any atom is 0.0947 e. The first-order valence-electron chi connectivity index (χ1n) is 7.36. The van der Waals surface area contributed by atoms with E-state index in [0.29, 0.717) is 11.9 Å². The van der Waals surface area contributed by atoms with Gasteiger partial charge in [0.05, 0.1) is 11.4 Å². The van der Waals surface area contributed by atoms with Gasteiger partial charge in [-0.05, 0) is 31.6 Å². The normalized spacial score (nSPS) is 32.9. The Morgan fingerprint density at radius 2 is 2.42 bits per heavy atom. The average Bonchev–Trinajstić information content (AvgIpc) is 2.83. The molecule has 5 heteroatoms. The Hall–Kier alpha value is -0.260. The van der Waals surface area contributed by atoms with Gasteiger partial charge in [-0.1, -0.05) is 13.8 Å². The fourth-order valence-electron chi connectivity index (χ4n) is 3.16. The Labute approximate surface area is 120 Å². The van der Waals surface area contributed by atoms with Crippen molar-refractivity contribution in [1.82, 2.24) is 4.90 Å². The molecule has 2 aliphatic rings. The van der Waals surface area contributed by atoms with E-state index < -0.39 is 0 Å². The van der Waals surface area contributed by atoms with Crippen molar-refractivity contribution in [2.45, 2.75) is 44.8 Å². The molecule has 0 aliphatic carbocycles. The van der Waals surface area contributed by atoms with Gasteiger partial charge in [-0.3, -0.25) is 10.3 Å². The van der Waals surface area contributed by atoms with E-state index in [-0.39, 0.29) is 11.5 Å². The van der Waals surface area contributed by atoms with Crippen molar-refractivity contribution in [2.24, 2.45) is 11.7 Å². The molecule has 2 heterocycles. The zero-order valence-electron chi connectivity index (χ0n) is 12.2. The van der Waals surface area contributed by atoms with Gasteiger partial charge in [-0.25, -0.2) is 0 Å². The first-order valence-corrected chi connectivity index (χ1v) is 8.51. The summed E-state index contributed by atoms with van der Waals surface area (Å²) in [5, 5.41) is 7.57. The van der Waals surface area contributed by atoms with E-state index >= 15 is 0 Å². The third-order valence-corrected chi connectivity index (χ3v) is 5.72. The van der Waals surface area contributed by atoms with Crippen LogP contribution in [0.5, 0.6) is 0 Å². The van der Waals surface area contributed by atoms with Crippen LogP contribution in [0.25, 0.3) is 0 Å². The van der Waals surface area contributed by atoms with E-state index in [2.05, 4.69) is 11.8 Å². The minimum Gasteiger partial charge on any atom is -0.387 e. The van der Waals surface area contributed by atoms with Crippen LogP contribution in [0.4, 0.5) is 0 Å². The lowest BCUT2D eigenvalue weighted by atomic mass is 9.88. The van der Waals surface area contributed by atoms with Crippen molar-refractivity contribution in [3.63, 3.8) is 0 Å². The zero-order chi connectivity index (χ0) is 13.9. The van der Waals surface area contributed by atoms with Crippen LogP contribution >= 0.6 is 11.8 Å². The Kier molecular flexibility index (Phi) is 5.15.